The highest BCUT2D eigenvalue weighted by Crippen LogP contribution is 2.44. The Morgan fingerprint density at radius 3 is 2.39 bits per heavy atom. The molecule has 4 aromatic rings. The zero-order valence-electron chi connectivity index (χ0n) is 18.1. The molecule has 1 atom stereocenters. The Morgan fingerprint density at radius 1 is 0.970 bits per heavy atom. The van der Waals surface area contributed by atoms with E-state index >= 15 is 0 Å². The summed E-state index contributed by atoms with van der Waals surface area (Å²) in [6.07, 6.45) is 0.685. The zero-order chi connectivity index (χ0) is 23.1. The van der Waals surface area contributed by atoms with Crippen molar-refractivity contribution in [2.75, 3.05) is 20.8 Å². The number of amides is 1. The van der Waals surface area contributed by atoms with E-state index in [1.54, 1.807) is 14.2 Å². The molecular formula is C26H21Cl2NO3S. The van der Waals surface area contributed by atoms with Gasteiger partial charge in [-0.25, -0.2) is 0 Å². The molecule has 0 aliphatic carbocycles. The fourth-order valence-corrected chi connectivity index (χ4v) is 6.19. The standard InChI is InChI=1S/C26H21Cl2NO3S/c1-31-20-13-15-11-12-29(26(30)25-23(28)17-8-4-6-10-22(17)33-25)24(18(15)14-21(20)32-2)16-7-3-5-9-19(16)27/h3-10,13-14,24H,11-12H2,1-2H3/t24-/m0/s1. The number of hydrogen-bond donors (Lipinski definition) is 0. The number of ether oxygens (including phenoxy) is 2. The van der Waals surface area contributed by atoms with E-state index in [4.69, 9.17) is 32.7 Å². The molecular weight excluding hydrogens is 477 g/mol. The lowest BCUT2D eigenvalue weighted by atomic mass is 9.87. The molecule has 1 amide bonds. The molecule has 0 saturated heterocycles. The number of methoxy groups -OCH3 is 2. The minimum absolute atomic E-state index is 0.105. The molecule has 168 valence electrons. The quantitative estimate of drug-likeness (QED) is 0.304. The highest BCUT2D eigenvalue weighted by Gasteiger charge is 2.36. The predicted octanol–water partition coefficient (Wildman–Crippen LogP) is 7.01. The van der Waals surface area contributed by atoms with Gasteiger partial charge in [-0.1, -0.05) is 59.6 Å². The van der Waals surface area contributed by atoms with Gasteiger partial charge in [-0.3, -0.25) is 4.79 Å². The Hall–Kier alpha value is -2.73. The average Bonchev–Trinajstić information content (AvgIpc) is 3.19. The van der Waals surface area contributed by atoms with E-state index in [2.05, 4.69) is 0 Å². The van der Waals surface area contributed by atoms with Crippen LogP contribution in [0.2, 0.25) is 10.0 Å². The van der Waals surface area contributed by atoms with Crippen LogP contribution in [0.5, 0.6) is 11.5 Å². The van der Waals surface area contributed by atoms with Crippen molar-refractivity contribution in [3.63, 3.8) is 0 Å². The van der Waals surface area contributed by atoms with Crippen LogP contribution in [0.15, 0.2) is 60.7 Å². The monoisotopic (exact) mass is 497 g/mol. The lowest BCUT2D eigenvalue weighted by Crippen LogP contribution is -2.40. The van der Waals surface area contributed by atoms with Crippen LogP contribution in [0.4, 0.5) is 0 Å². The van der Waals surface area contributed by atoms with E-state index in [0.29, 0.717) is 39.4 Å². The van der Waals surface area contributed by atoms with E-state index in [9.17, 15) is 4.79 Å². The van der Waals surface area contributed by atoms with Crippen LogP contribution in [-0.2, 0) is 6.42 Å². The Bertz CT molecular complexity index is 1370. The van der Waals surface area contributed by atoms with Gasteiger partial charge in [-0.15, -0.1) is 11.3 Å². The Balaban J connectivity index is 1.68. The van der Waals surface area contributed by atoms with Crippen LogP contribution in [0, 0.1) is 0 Å². The lowest BCUT2D eigenvalue weighted by molar-refractivity contribution is 0.0699. The molecule has 0 spiro atoms. The van der Waals surface area contributed by atoms with Crippen LogP contribution < -0.4 is 9.47 Å². The number of halogens is 2. The van der Waals surface area contributed by atoms with Crippen molar-refractivity contribution in [1.29, 1.82) is 0 Å². The summed E-state index contributed by atoms with van der Waals surface area (Å²) in [4.78, 5) is 16.3. The van der Waals surface area contributed by atoms with Crippen molar-refractivity contribution >= 4 is 50.5 Å². The number of fused-ring (bicyclic) bond motifs is 2. The van der Waals surface area contributed by atoms with Gasteiger partial charge in [-0.2, -0.15) is 0 Å². The normalized spacial score (nSPS) is 15.4. The first-order chi connectivity index (χ1) is 16.0. The SMILES string of the molecule is COc1cc2c(cc1OC)[C@H](c1ccccc1Cl)N(C(=O)c1sc3ccccc3c1Cl)CC2. The molecule has 0 saturated carbocycles. The highest BCUT2D eigenvalue weighted by molar-refractivity contribution is 7.21. The number of hydrogen-bond acceptors (Lipinski definition) is 4. The molecule has 33 heavy (non-hydrogen) atoms. The second-order valence-corrected chi connectivity index (χ2v) is 9.66. The molecule has 1 aliphatic heterocycles. The van der Waals surface area contributed by atoms with E-state index in [1.165, 1.54) is 11.3 Å². The van der Waals surface area contributed by atoms with Crippen molar-refractivity contribution in [1.82, 2.24) is 4.90 Å². The molecule has 2 heterocycles. The first-order valence-electron chi connectivity index (χ1n) is 10.5. The van der Waals surface area contributed by atoms with Gasteiger partial charge in [0.25, 0.3) is 5.91 Å². The van der Waals surface area contributed by atoms with Gasteiger partial charge < -0.3 is 14.4 Å². The van der Waals surface area contributed by atoms with Gasteiger partial charge in [0.1, 0.15) is 4.88 Å². The fraction of sp³-hybridized carbons (Fsp3) is 0.192. The maximum Gasteiger partial charge on any atom is 0.266 e. The minimum atomic E-state index is -0.379. The minimum Gasteiger partial charge on any atom is -0.493 e. The summed E-state index contributed by atoms with van der Waals surface area (Å²) in [6, 6.07) is 19.0. The summed E-state index contributed by atoms with van der Waals surface area (Å²) in [5, 5.41) is 1.99. The fourth-order valence-electron chi connectivity index (χ4n) is 4.48. The maximum absolute atomic E-state index is 13.9. The van der Waals surface area contributed by atoms with Crippen molar-refractivity contribution in [2.24, 2.45) is 0 Å². The number of thiophene rings is 1. The lowest BCUT2D eigenvalue weighted by Gasteiger charge is -2.38. The zero-order valence-corrected chi connectivity index (χ0v) is 20.4. The van der Waals surface area contributed by atoms with Gasteiger partial charge in [0, 0.05) is 21.7 Å². The van der Waals surface area contributed by atoms with Gasteiger partial charge >= 0.3 is 0 Å². The molecule has 3 aromatic carbocycles. The molecule has 7 heteroatoms. The van der Waals surface area contributed by atoms with Crippen molar-refractivity contribution in [3.8, 4) is 11.5 Å². The van der Waals surface area contributed by atoms with Crippen LogP contribution >= 0.6 is 34.5 Å². The van der Waals surface area contributed by atoms with Crippen molar-refractivity contribution in [3.05, 3.63) is 92.3 Å². The number of carbonyl (C=O) groups is 1. The van der Waals surface area contributed by atoms with E-state index < -0.39 is 0 Å². The molecule has 1 aliphatic rings. The van der Waals surface area contributed by atoms with Gasteiger partial charge in [0.15, 0.2) is 11.5 Å². The van der Waals surface area contributed by atoms with E-state index in [-0.39, 0.29) is 11.9 Å². The second kappa shape index (κ2) is 8.90. The number of carbonyl (C=O) groups excluding carboxylic acids is 1. The number of rotatable bonds is 4. The topological polar surface area (TPSA) is 38.8 Å². The predicted molar refractivity (Wildman–Crippen MR) is 134 cm³/mol. The summed E-state index contributed by atoms with van der Waals surface area (Å²) in [5.74, 6) is 1.18. The van der Waals surface area contributed by atoms with Crippen LogP contribution in [0.3, 0.4) is 0 Å². The van der Waals surface area contributed by atoms with E-state index in [1.807, 2.05) is 65.6 Å². The molecule has 0 N–H and O–H groups in total. The molecule has 4 nitrogen and oxygen atoms in total. The van der Waals surface area contributed by atoms with Crippen molar-refractivity contribution in [2.45, 2.75) is 12.5 Å². The molecule has 1 aromatic heterocycles. The number of benzene rings is 3. The third kappa shape index (κ3) is 3.74. The first-order valence-corrected chi connectivity index (χ1v) is 12.1. The molecule has 0 fully saturated rings. The van der Waals surface area contributed by atoms with Gasteiger partial charge in [0.2, 0.25) is 0 Å². The Labute approximate surface area is 206 Å². The summed E-state index contributed by atoms with van der Waals surface area (Å²) in [5.41, 5.74) is 2.93. The van der Waals surface area contributed by atoms with Gasteiger partial charge in [0.05, 0.1) is 25.3 Å². The Kier molecular flexibility index (Phi) is 5.95. The molecule has 0 radical (unpaired) electrons. The summed E-state index contributed by atoms with van der Waals surface area (Å²) < 4.78 is 12.1. The molecule has 0 unspecified atom stereocenters. The second-order valence-electron chi connectivity index (χ2n) is 7.82. The van der Waals surface area contributed by atoms with Gasteiger partial charge in [-0.05, 0) is 47.4 Å². The van der Waals surface area contributed by atoms with Crippen LogP contribution in [-0.4, -0.2) is 31.6 Å². The molecule has 0 bridgehead atoms. The first kappa shape index (κ1) is 22.1. The van der Waals surface area contributed by atoms with Crippen molar-refractivity contribution < 1.29 is 14.3 Å². The highest BCUT2D eigenvalue weighted by atomic mass is 35.5. The smallest absolute Gasteiger partial charge is 0.266 e. The number of nitrogens with zero attached hydrogens (tertiary/aromatic N) is 1. The third-order valence-electron chi connectivity index (χ3n) is 6.06. The summed E-state index contributed by atoms with van der Waals surface area (Å²) in [7, 11) is 3.23. The average molecular weight is 498 g/mol. The van der Waals surface area contributed by atoms with Crippen LogP contribution in [0.1, 0.15) is 32.4 Å². The maximum atomic E-state index is 13.9. The Morgan fingerprint density at radius 2 is 1.67 bits per heavy atom. The summed E-state index contributed by atoms with van der Waals surface area (Å²) in [6.45, 7) is 0.530. The van der Waals surface area contributed by atoms with E-state index in [0.717, 1.165) is 26.8 Å². The molecule has 5 rings (SSSR count). The largest absolute Gasteiger partial charge is 0.493 e. The van der Waals surface area contributed by atoms with Crippen LogP contribution in [0.25, 0.3) is 10.1 Å². The summed E-state index contributed by atoms with van der Waals surface area (Å²) >= 11 is 14.8. The third-order valence-corrected chi connectivity index (χ3v) is 8.07.